The average molecular weight is 197 g/mol. The molecule has 0 unspecified atom stereocenters. The second-order valence-corrected chi connectivity index (χ2v) is 3.04. The summed E-state index contributed by atoms with van der Waals surface area (Å²) in [6.07, 6.45) is 1.98. The molecule has 0 aliphatic heterocycles. The second kappa shape index (κ2) is 4.61. The van der Waals surface area contributed by atoms with Gasteiger partial charge in [-0.1, -0.05) is 13.3 Å². The van der Waals surface area contributed by atoms with E-state index in [0.717, 1.165) is 12.8 Å². The minimum Gasteiger partial charge on any atom is -0.369 e. The van der Waals surface area contributed by atoms with Crippen molar-refractivity contribution < 1.29 is 0 Å². The van der Waals surface area contributed by atoms with Crippen molar-refractivity contribution in [3.8, 4) is 0 Å². The largest absolute Gasteiger partial charge is 0.369 e. The first-order valence-corrected chi connectivity index (χ1v) is 4.52. The van der Waals surface area contributed by atoms with Crippen molar-refractivity contribution in [1.82, 2.24) is 9.97 Å². The summed E-state index contributed by atoms with van der Waals surface area (Å²) in [5.41, 5.74) is 5.08. The lowest BCUT2D eigenvalue weighted by molar-refractivity contribution is 0.729. The summed E-state index contributed by atoms with van der Waals surface area (Å²) in [6, 6.07) is 1.33. The minimum atomic E-state index is -0.292. The lowest BCUT2D eigenvalue weighted by Gasteiger charge is -2.16. The third-order valence-corrected chi connectivity index (χ3v) is 1.79. The zero-order valence-electron chi connectivity index (χ0n) is 8.16. The summed E-state index contributed by atoms with van der Waals surface area (Å²) in [5.74, 6) is 6.17. The third kappa shape index (κ3) is 2.74. The molecule has 0 atom stereocenters. The van der Waals surface area contributed by atoms with Crippen LogP contribution in [0.5, 0.6) is 0 Å². The number of aromatic amines is 1. The van der Waals surface area contributed by atoms with Gasteiger partial charge in [-0.2, -0.15) is 4.98 Å². The average Bonchev–Trinajstić information content (AvgIpc) is 2.12. The number of nitrogen functional groups attached to an aromatic ring is 1. The van der Waals surface area contributed by atoms with E-state index in [1.165, 1.54) is 11.1 Å². The Hall–Kier alpha value is -1.56. The number of hydrazine groups is 1. The number of nitrogens with zero attached hydrogens (tertiary/aromatic N) is 2. The van der Waals surface area contributed by atoms with Crippen molar-refractivity contribution >= 4 is 11.8 Å². The number of hydrogen-bond acceptors (Lipinski definition) is 5. The van der Waals surface area contributed by atoms with Gasteiger partial charge in [-0.05, 0) is 6.42 Å². The Bertz CT molecular complexity index is 348. The molecule has 1 aromatic rings. The van der Waals surface area contributed by atoms with Gasteiger partial charge in [0.1, 0.15) is 0 Å². The molecular weight excluding hydrogens is 182 g/mol. The highest BCUT2D eigenvalue weighted by atomic mass is 16.1. The molecule has 0 amide bonds. The van der Waals surface area contributed by atoms with E-state index in [2.05, 4.69) is 16.9 Å². The van der Waals surface area contributed by atoms with Gasteiger partial charge in [-0.25, -0.2) is 5.84 Å². The molecule has 14 heavy (non-hydrogen) atoms. The van der Waals surface area contributed by atoms with Crippen LogP contribution < -0.4 is 22.1 Å². The fourth-order valence-electron chi connectivity index (χ4n) is 1.05. The highest BCUT2D eigenvalue weighted by Crippen LogP contribution is 2.04. The molecule has 0 aliphatic rings. The fourth-order valence-corrected chi connectivity index (χ4v) is 1.05. The van der Waals surface area contributed by atoms with Gasteiger partial charge in [0.2, 0.25) is 5.95 Å². The van der Waals surface area contributed by atoms with E-state index in [1.807, 2.05) is 0 Å². The van der Waals surface area contributed by atoms with E-state index in [9.17, 15) is 4.79 Å². The number of aromatic nitrogens is 2. The number of unbranched alkanes of at least 4 members (excludes halogenated alkanes) is 1. The smallest absolute Gasteiger partial charge is 0.254 e. The first-order valence-electron chi connectivity index (χ1n) is 4.52. The highest BCUT2D eigenvalue weighted by molar-refractivity contribution is 5.38. The molecule has 0 fully saturated rings. The molecule has 78 valence electrons. The van der Waals surface area contributed by atoms with Crippen LogP contribution in [-0.2, 0) is 0 Å². The first-order chi connectivity index (χ1) is 6.63. The van der Waals surface area contributed by atoms with Crippen LogP contribution in [0, 0.1) is 0 Å². The van der Waals surface area contributed by atoms with Gasteiger partial charge < -0.3 is 5.73 Å². The van der Waals surface area contributed by atoms with Crippen molar-refractivity contribution in [2.45, 2.75) is 19.8 Å². The molecule has 0 bridgehead atoms. The summed E-state index contributed by atoms with van der Waals surface area (Å²) in [6.45, 7) is 2.72. The molecule has 0 aliphatic carbocycles. The van der Waals surface area contributed by atoms with Crippen molar-refractivity contribution in [2.24, 2.45) is 5.84 Å². The molecule has 6 heteroatoms. The van der Waals surface area contributed by atoms with Gasteiger partial charge >= 0.3 is 0 Å². The summed E-state index contributed by atoms with van der Waals surface area (Å²) < 4.78 is 0. The van der Waals surface area contributed by atoms with Gasteiger partial charge in [-0.15, -0.1) is 0 Å². The zero-order valence-corrected chi connectivity index (χ0v) is 8.16. The summed E-state index contributed by atoms with van der Waals surface area (Å²) in [5, 5.41) is 1.43. The predicted octanol–water partition coefficient (Wildman–Crippen LogP) is -0.168. The van der Waals surface area contributed by atoms with E-state index < -0.39 is 0 Å². The molecule has 1 heterocycles. The summed E-state index contributed by atoms with van der Waals surface area (Å²) in [7, 11) is 0. The molecule has 1 aromatic heterocycles. The Morgan fingerprint density at radius 1 is 1.64 bits per heavy atom. The van der Waals surface area contributed by atoms with E-state index in [-0.39, 0.29) is 11.5 Å². The number of nitrogens with one attached hydrogen (secondary N) is 1. The van der Waals surface area contributed by atoms with Crippen LogP contribution in [0.1, 0.15) is 19.8 Å². The molecule has 5 N–H and O–H groups in total. The van der Waals surface area contributed by atoms with Crippen LogP contribution in [0.2, 0.25) is 0 Å². The number of anilines is 2. The number of rotatable bonds is 4. The van der Waals surface area contributed by atoms with E-state index in [1.54, 1.807) is 0 Å². The SMILES string of the molecule is CCCCN(N)c1cc(=O)[nH]c(N)n1. The maximum Gasteiger partial charge on any atom is 0.254 e. The first kappa shape index (κ1) is 10.5. The van der Waals surface area contributed by atoms with Crippen molar-refractivity contribution in [3.63, 3.8) is 0 Å². The van der Waals surface area contributed by atoms with Crippen molar-refractivity contribution in [2.75, 3.05) is 17.3 Å². The van der Waals surface area contributed by atoms with Gasteiger partial charge in [0.25, 0.3) is 5.56 Å². The Labute approximate surface area is 81.9 Å². The van der Waals surface area contributed by atoms with Crippen LogP contribution in [0.15, 0.2) is 10.9 Å². The molecule has 6 nitrogen and oxygen atoms in total. The minimum absolute atomic E-state index is 0.0828. The molecule has 0 aromatic carbocycles. The maximum absolute atomic E-state index is 11.0. The Morgan fingerprint density at radius 2 is 2.36 bits per heavy atom. The molecule has 0 saturated carbocycles. The van der Waals surface area contributed by atoms with Crippen molar-refractivity contribution in [3.05, 3.63) is 16.4 Å². The molecule has 0 radical (unpaired) electrons. The van der Waals surface area contributed by atoms with E-state index >= 15 is 0 Å². The zero-order chi connectivity index (χ0) is 10.6. The Morgan fingerprint density at radius 3 is 2.93 bits per heavy atom. The summed E-state index contributed by atoms with van der Waals surface area (Å²) >= 11 is 0. The topological polar surface area (TPSA) is 101 Å². The second-order valence-electron chi connectivity index (χ2n) is 3.04. The van der Waals surface area contributed by atoms with Crippen molar-refractivity contribution in [1.29, 1.82) is 0 Å². The van der Waals surface area contributed by atoms with E-state index in [0.29, 0.717) is 12.4 Å². The van der Waals surface area contributed by atoms with E-state index in [4.69, 9.17) is 11.6 Å². The third-order valence-electron chi connectivity index (χ3n) is 1.79. The van der Waals surface area contributed by atoms with Gasteiger partial charge in [0, 0.05) is 12.6 Å². The highest BCUT2D eigenvalue weighted by Gasteiger charge is 2.04. The number of nitrogens with two attached hydrogens (primary N) is 2. The van der Waals surface area contributed by atoms with Gasteiger partial charge in [0.05, 0.1) is 0 Å². The van der Waals surface area contributed by atoms with Crippen LogP contribution in [0.3, 0.4) is 0 Å². The summed E-state index contributed by atoms with van der Waals surface area (Å²) in [4.78, 5) is 17.3. The van der Waals surface area contributed by atoms with Crippen LogP contribution in [0.4, 0.5) is 11.8 Å². The standard InChI is InChI=1S/C8H15N5O/c1-2-3-4-13(10)6-5-7(14)12-8(9)11-6/h5H,2-4,10H2,1H3,(H3,9,11,12,14). The van der Waals surface area contributed by atoms with Crippen LogP contribution in [-0.4, -0.2) is 16.5 Å². The predicted molar refractivity (Wildman–Crippen MR) is 55.7 cm³/mol. The van der Waals surface area contributed by atoms with Gasteiger partial charge in [0.15, 0.2) is 5.82 Å². The Kier molecular flexibility index (Phi) is 3.47. The maximum atomic E-state index is 11.0. The normalized spacial score (nSPS) is 10.1. The molecular formula is C8H15N5O. The quantitative estimate of drug-likeness (QED) is 0.459. The lowest BCUT2D eigenvalue weighted by Crippen LogP contribution is -2.33. The van der Waals surface area contributed by atoms with Gasteiger partial charge in [-0.3, -0.25) is 14.8 Å². The monoisotopic (exact) mass is 197 g/mol. The molecule has 1 rings (SSSR count). The van der Waals surface area contributed by atoms with Crippen LogP contribution in [0.25, 0.3) is 0 Å². The Balaban J connectivity index is 2.79. The number of H-pyrrole nitrogens is 1. The fraction of sp³-hybridized carbons (Fsp3) is 0.500. The van der Waals surface area contributed by atoms with Crippen LogP contribution >= 0.6 is 0 Å². The molecule has 0 spiro atoms. The lowest BCUT2D eigenvalue weighted by atomic mass is 10.3. The molecule has 0 saturated heterocycles. The number of hydrogen-bond donors (Lipinski definition) is 3.